The Morgan fingerprint density at radius 1 is 1.16 bits per heavy atom. The van der Waals surface area contributed by atoms with Crippen LogP contribution in [-0.2, 0) is 11.2 Å². The number of rotatable bonds is 5. The smallest absolute Gasteiger partial charge is 0.226 e. The maximum Gasteiger partial charge on any atom is 0.226 e. The molecule has 0 fully saturated rings. The monoisotopic (exact) mass is 262 g/mol. The number of hydrogen-bond donors (Lipinski definition) is 2. The zero-order valence-corrected chi connectivity index (χ0v) is 12.8. The van der Waals surface area contributed by atoms with Gasteiger partial charge in [0.2, 0.25) is 5.91 Å². The van der Waals surface area contributed by atoms with Crippen LogP contribution in [0.2, 0.25) is 0 Å². The Labute approximate surface area is 116 Å². The van der Waals surface area contributed by atoms with Crippen LogP contribution >= 0.6 is 0 Å². The van der Waals surface area contributed by atoms with Crippen LogP contribution < -0.4 is 11.1 Å². The van der Waals surface area contributed by atoms with E-state index in [1.165, 1.54) is 22.3 Å². The van der Waals surface area contributed by atoms with Crippen LogP contribution in [0.3, 0.4) is 0 Å². The Kier molecular flexibility index (Phi) is 5.12. The molecule has 0 aliphatic carbocycles. The van der Waals surface area contributed by atoms with Crippen molar-refractivity contribution in [1.29, 1.82) is 0 Å². The molecule has 106 valence electrons. The summed E-state index contributed by atoms with van der Waals surface area (Å²) in [4.78, 5) is 11.9. The van der Waals surface area contributed by atoms with Crippen molar-refractivity contribution in [1.82, 2.24) is 5.32 Å². The standard InChI is InChI=1S/C16H26N2O/c1-11-8-13(3)14(9-12(11)2)6-7-18-15(19)16(4,5)10-17/h8-9H,6-7,10,17H2,1-5H3,(H,18,19). The topological polar surface area (TPSA) is 55.1 Å². The quantitative estimate of drug-likeness (QED) is 0.855. The first-order chi connectivity index (χ1) is 8.77. The second kappa shape index (κ2) is 6.20. The van der Waals surface area contributed by atoms with E-state index < -0.39 is 5.41 Å². The zero-order valence-electron chi connectivity index (χ0n) is 12.8. The van der Waals surface area contributed by atoms with Gasteiger partial charge in [-0.05, 0) is 63.3 Å². The summed E-state index contributed by atoms with van der Waals surface area (Å²) in [6, 6.07) is 4.42. The van der Waals surface area contributed by atoms with Gasteiger partial charge in [0, 0.05) is 13.1 Å². The lowest BCUT2D eigenvalue weighted by atomic mass is 9.92. The molecule has 0 heterocycles. The summed E-state index contributed by atoms with van der Waals surface area (Å²) < 4.78 is 0. The van der Waals surface area contributed by atoms with Crippen molar-refractivity contribution >= 4 is 5.91 Å². The average molecular weight is 262 g/mol. The number of amides is 1. The van der Waals surface area contributed by atoms with Crippen LogP contribution in [0.1, 0.15) is 36.1 Å². The highest BCUT2D eigenvalue weighted by Crippen LogP contribution is 2.16. The van der Waals surface area contributed by atoms with Gasteiger partial charge in [0.15, 0.2) is 0 Å². The van der Waals surface area contributed by atoms with Crippen molar-refractivity contribution in [3.63, 3.8) is 0 Å². The van der Waals surface area contributed by atoms with Gasteiger partial charge in [0.25, 0.3) is 0 Å². The van der Waals surface area contributed by atoms with Crippen molar-refractivity contribution in [2.24, 2.45) is 11.1 Å². The van der Waals surface area contributed by atoms with Gasteiger partial charge in [-0.25, -0.2) is 0 Å². The molecule has 0 saturated heterocycles. The van der Waals surface area contributed by atoms with Gasteiger partial charge in [-0.1, -0.05) is 12.1 Å². The van der Waals surface area contributed by atoms with Crippen molar-refractivity contribution in [3.05, 3.63) is 34.4 Å². The largest absolute Gasteiger partial charge is 0.355 e. The lowest BCUT2D eigenvalue weighted by Gasteiger charge is -2.21. The van der Waals surface area contributed by atoms with Crippen LogP contribution in [0, 0.1) is 26.2 Å². The van der Waals surface area contributed by atoms with E-state index in [1.807, 2.05) is 13.8 Å². The predicted molar refractivity (Wildman–Crippen MR) is 80.2 cm³/mol. The molecule has 0 aliphatic heterocycles. The average Bonchev–Trinajstić information content (AvgIpc) is 2.35. The van der Waals surface area contributed by atoms with Gasteiger partial charge in [-0.2, -0.15) is 0 Å². The molecule has 3 heteroatoms. The number of carbonyl (C=O) groups excluding carboxylic acids is 1. The molecule has 1 aromatic carbocycles. The first-order valence-corrected chi connectivity index (χ1v) is 6.83. The lowest BCUT2D eigenvalue weighted by molar-refractivity contribution is -0.128. The van der Waals surface area contributed by atoms with Gasteiger partial charge in [0.05, 0.1) is 5.41 Å². The number of aryl methyl sites for hydroxylation is 3. The fourth-order valence-electron chi connectivity index (χ4n) is 1.93. The molecular formula is C16H26N2O. The first kappa shape index (κ1) is 15.7. The molecular weight excluding hydrogens is 236 g/mol. The van der Waals surface area contributed by atoms with E-state index in [4.69, 9.17) is 5.73 Å². The first-order valence-electron chi connectivity index (χ1n) is 6.83. The number of nitrogens with one attached hydrogen (secondary N) is 1. The molecule has 0 atom stereocenters. The van der Waals surface area contributed by atoms with Crippen LogP contribution in [0.5, 0.6) is 0 Å². The Hall–Kier alpha value is -1.35. The third kappa shape index (κ3) is 4.06. The number of nitrogens with two attached hydrogens (primary N) is 1. The highest BCUT2D eigenvalue weighted by molar-refractivity contribution is 5.82. The fourth-order valence-corrected chi connectivity index (χ4v) is 1.93. The van der Waals surface area contributed by atoms with Crippen molar-refractivity contribution in [2.75, 3.05) is 13.1 Å². The van der Waals surface area contributed by atoms with E-state index in [0.29, 0.717) is 13.1 Å². The molecule has 0 aromatic heterocycles. The zero-order chi connectivity index (χ0) is 14.6. The Bertz CT molecular complexity index is 464. The van der Waals surface area contributed by atoms with E-state index in [0.717, 1.165) is 6.42 Å². The van der Waals surface area contributed by atoms with Crippen molar-refractivity contribution in [3.8, 4) is 0 Å². The van der Waals surface area contributed by atoms with Gasteiger partial charge in [-0.15, -0.1) is 0 Å². The summed E-state index contributed by atoms with van der Waals surface area (Å²) in [5.74, 6) is 0.0245. The molecule has 1 amide bonds. The molecule has 1 rings (SSSR count). The summed E-state index contributed by atoms with van der Waals surface area (Å²) in [5, 5.41) is 2.96. The second-order valence-corrected chi connectivity index (χ2v) is 5.96. The SMILES string of the molecule is Cc1cc(C)c(CCNC(=O)C(C)(C)CN)cc1C. The number of benzene rings is 1. The summed E-state index contributed by atoms with van der Waals surface area (Å²) in [6.45, 7) is 11.1. The molecule has 0 bridgehead atoms. The molecule has 0 aliphatic rings. The van der Waals surface area contributed by atoms with Gasteiger partial charge in [-0.3, -0.25) is 4.79 Å². The van der Waals surface area contributed by atoms with E-state index >= 15 is 0 Å². The lowest BCUT2D eigenvalue weighted by Crippen LogP contribution is -2.42. The fraction of sp³-hybridized carbons (Fsp3) is 0.562. The third-order valence-corrected chi connectivity index (χ3v) is 3.76. The summed E-state index contributed by atoms with van der Waals surface area (Å²) in [7, 11) is 0. The third-order valence-electron chi connectivity index (χ3n) is 3.76. The van der Waals surface area contributed by atoms with E-state index in [9.17, 15) is 4.79 Å². The van der Waals surface area contributed by atoms with Gasteiger partial charge in [0.1, 0.15) is 0 Å². The maximum absolute atomic E-state index is 11.9. The Balaban J connectivity index is 2.59. The molecule has 0 spiro atoms. The normalized spacial score (nSPS) is 11.5. The van der Waals surface area contributed by atoms with E-state index in [2.05, 4.69) is 38.2 Å². The second-order valence-electron chi connectivity index (χ2n) is 5.96. The highest BCUT2D eigenvalue weighted by atomic mass is 16.2. The molecule has 3 nitrogen and oxygen atoms in total. The van der Waals surface area contributed by atoms with Gasteiger partial charge < -0.3 is 11.1 Å². The van der Waals surface area contributed by atoms with Crippen molar-refractivity contribution in [2.45, 2.75) is 41.0 Å². The molecule has 1 aromatic rings. The minimum atomic E-state index is -0.488. The summed E-state index contributed by atoms with van der Waals surface area (Å²) in [5.41, 5.74) is 10.3. The van der Waals surface area contributed by atoms with Gasteiger partial charge >= 0.3 is 0 Å². The summed E-state index contributed by atoms with van der Waals surface area (Å²) in [6.07, 6.45) is 0.860. The molecule has 0 unspecified atom stereocenters. The number of hydrogen-bond acceptors (Lipinski definition) is 2. The van der Waals surface area contributed by atoms with Crippen LogP contribution in [-0.4, -0.2) is 19.0 Å². The van der Waals surface area contributed by atoms with E-state index in [1.54, 1.807) is 0 Å². The Morgan fingerprint density at radius 2 is 1.74 bits per heavy atom. The molecule has 0 radical (unpaired) electrons. The molecule has 3 N–H and O–H groups in total. The number of carbonyl (C=O) groups is 1. The molecule has 19 heavy (non-hydrogen) atoms. The minimum Gasteiger partial charge on any atom is -0.355 e. The van der Waals surface area contributed by atoms with E-state index in [-0.39, 0.29) is 5.91 Å². The van der Waals surface area contributed by atoms with Crippen molar-refractivity contribution < 1.29 is 4.79 Å². The Morgan fingerprint density at radius 3 is 2.32 bits per heavy atom. The van der Waals surface area contributed by atoms with Crippen LogP contribution in [0.15, 0.2) is 12.1 Å². The van der Waals surface area contributed by atoms with Crippen LogP contribution in [0.25, 0.3) is 0 Å². The van der Waals surface area contributed by atoms with Crippen LogP contribution in [0.4, 0.5) is 0 Å². The molecule has 0 saturated carbocycles. The minimum absolute atomic E-state index is 0.0245. The maximum atomic E-state index is 11.9. The summed E-state index contributed by atoms with van der Waals surface area (Å²) >= 11 is 0. The predicted octanol–water partition coefficient (Wildman–Crippen LogP) is 2.26. The highest BCUT2D eigenvalue weighted by Gasteiger charge is 2.25.